The third kappa shape index (κ3) is 2.94. The molecule has 0 bridgehead atoms. The summed E-state index contributed by atoms with van der Waals surface area (Å²) in [4.78, 5) is 0. The summed E-state index contributed by atoms with van der Waals surface area (Å²) < 4.78 is 0. The predicted octanol–water partition coefficient (Wildman–Crippen LogP) is 1.04. The van der Waals surface area contributed by atoms with E-state index in [0.717, 1.165) is 32.1 Å². The quantitative estimate of drug-likeness (QED) is 0.623. The van der Waals surface area contributed by atoms with Crippen LogP contribution in [0, 0.1) is 0 Å². The summed E-state index contributed by atoms with van der Waals surface area (Å²) in [6.07, 6.45) is 4.91. The standard InChI is InChI=1S/C11H23NO2/c1-3-10(2,9-13)12-8-11(14)6-4-5-7-11/h12-14H,3-9H2,1-2H3. The van der Waals surface area contributed by atoms with Crippen molar-refractivity contribution in [3.8, 4) is 0 Å². The Morgan fingerprint density at radius 3 is 2.36 bits per heavy atom. The van der Waals surface area contributed by atoms with Gasteiger partial charge in [-0.3, -0.25) is 0 Å². The maximum atomic E-state index is 10.1. The van der Waals surface area contributed by atoms with Gasteiger partial charge in [0.25, 0.3) is 0 Å². The van der Waals surface area contributed by atoms with E-state index in [1.165, 1.54) is 0 Å². The second-order valence-electron chi connectivity index (χ2n) is 4.86. The molecule has 0 aliphatic heterocycles. The summed E-state index contributed by atoms with van der Waals surface area (Å²) in [5.74, 6) is 0. The average Bonchev–Trinajstić information content (AvgIpc) is 2.63. The number of β-amino-alcohol motifs (C(OH)–C–C–N with tert-alkyl or cyclic N) is 1. The van der Waals surface area contributed by atoms with Crippen molar-refractivity contribution in [1.29, 1.82) is 0 Å². The molecule has 0 radical (unpaired) electrons. The van der Waals surface area contributed by atoms with Crippen molar-refractivity contribution < 1.29 is 10.2 Å². The zero-order valence-corrected chi connectivity index (χ0v) is 9.34. The van der Waals surface area contributed by atoms with Crippen molar-refractivity contribution in [3.63, 3.8) is 0 Å². The molecule has 1 unspecified atom stereocenters. The van der Waals surface area contributed by atoms with E-state index in [0.29, 0.717) is 6.54 Å². The molecule has 1 rings (SSSR count). The largest absolute Gasteiger partial charge is 0.394 e. The van der Waals surface area contributed by atoms with Crippen LogP contribution in [0.1, 0.15) is 46.0 Å². The topological polar surface area (TPSA) is 52.5 Å². The number of aliphatic hydroxyl groups excluding tert-OH is 1. The molecule has 0 amide bonds. The second kappa shape index (κ2) is 4.60. The van der Waals surface area contributed by atoms with Crippen LogP contribution in [-0.4, -0.2) is 34.5 Å². The number of aliphatic hydroxyl groups is 2. The molecule has 0 aromatic carbocycles. The van der Waals surface area contributed by atoms with Crippen molar-refractivity contribution >= 4 is 0 Å². The summed E-state index contributed by atoms with van der Waals surface area (Å²) in [5, 5.41) is 22.6. The lowest BCUT2D eigenvalue weighted by atomic mass is 9.96. The Morgan fingerprint density at radius 1 is 1.36 bits per heavy atom. The Morgan fingerprint density at radius 2 is 1.93 bits per heavy atom. The second-order valence-corrected chi connectivity index (χ2v) is 4.86. The molecule has 0 saturated heterocycles. The molecule has 1 fully saturated rings. The molecule has 0 heterocycles. The summed E-state index contributed by atoms with van der Waals surface area (Å²) in [7, 11) is 0. The number of hydrogen-bond donors (Lipinski definition) is 3. The summed E-state index contributed by atoms with van der Waals surface area (Å²) in [6, 6.07) is 0. The zero-order valence-electron chi connectivity index (χ0n) is 9.34. The highest BCUT2D eigenvalue weighted by Crippen LogP contribution is 2.29. The van der Waals surface area contributed by atoms with Gasteiger partial charge in [0.15, 0.2) is 0 Å². The van der Waals surface area contributed by atoms with Gasteiger partial charge in [-0.25, -0.2) is 0 Å². The van der Waals surface area contributed by atoms with Crippen LogP contribution in [0.5, 0.6) is 0 Å². The van der Waals surface area contributed by atoms with Crippen LogP contribution in [-0.2, 0) is 0 Å². The molecular weight excluding hydrogens is 178 g/mol. The van der Waals surface area contributed by atoms with E-state index in [2.05, 4.69) is 5.32 Å². The molecule has 1 aliphatic rings. The van der Waals surface area contributed by atoms with Crippen molar-refractivity contribution in [1.82, 2.24) is 5.32 Å². The highest BCUT2D eigenvalue weighted by Gasteiger charge is 2.33. The van der Waals surface area contributed by atoms with Crippen molar-refractivity contribution in [2.75, 3.05) is 13.2 Å². The van der Waals surface area contributed by atoms with Gasteiger partial charge >= 0.3 is 0 Å². The van der Waals surface area contributed by atoms with E-state index in [1.54, 1.807) is 0 Å². The molecule has 0 aromatic rings. The lowest BCUT2D eigenvalue weighted by molar-refractivity contribution is 0.0331. The van der Waals surface area contributed by atoms with Crippen LogP contribution in [0.15, 0.2) is 0 Å². The molecule has 1 atom stereocenters. The Kier molecular flexibility index (Phi) is 3.93. The van der Waals surface area contributed by atoms with Crippen LogP contribution in [0.2, 0.25) is 0 Å². The van der Waals surface area contributed by atoms with E-state index in [9.17, 15) is 10.2 Å². The fraction of sp³-hybridized carbons (Fsp3) is 1.00. The molecular formula is C11H23NO2. The Balaban J connectivity index is 2.38. The molecule has 1 aliphatic carbocycles. The van der Waals surface area contributed by atoms with Gasteiger partial charge in [0.1, 0.15) is 0 Å². The molecule has 3 nitrogen and oxygen atoms in total. The van der Waals surface area contributed by atoms with Crippen molar-refractivity contribution in [3.05, 3.63) is 0 Å². The van der Waals surface area contributed by atoms with E-state index < -0.39 is 5.60 Å². The van der Waals surface area contributed by atoms with E-state index in [-0.39, 0.29) is 12.1 Å². The van der Waals surface area contributed by atoms with E-state index >= 15 is 0 Å². The molecule has 84 valence electrons. The van der Waals surface area contributed by atoms with Crippen LogP contribution in [0.25, 0.3) is 0 Å². The molecule has 3 N–H and O–H groups in total. The Labute approximate surface area is 86.5 Å². The highest BCUT2D eigenvalue weighted by molar-refractivity contribution is 4.90. The van der Waals surface area contributed by atoms with Crippen LogP contribution >= 0.6 is 0 Å². The monoisotopic (exact) mass is 201 g/mol. The molecule has 14 heavy (non-hydrogen) atoms. The molecule has 0 spiro atoms. The van der Waals surface area contributed by atoms with Gasteiger partial charge in [-0.15, -0.1) is 0 Å². The van der Waals surface area contributed by atoms with Crippen LogP contribution < -0.4 is 5.32 Å². The lowest BCUT2D eigenvalue weighted by Crippen LogP contribution is -2.51. The summed E-state index contributed by atoms with van der Waals surface area (Å²) in [5.41, 5.74) is -0.760. The smallest absolute Gasteiger partial charge is 0.0771 e. The fourth-order valence-corrected chi connectivity index (χ4v) is 1.88. The summed E-state index contributed by atoms with van der Waals surface area (Å²) in [6.45, 7) is 4.77. The first kappa shape index (κ1) is 12.0. The third-order valence-corrected chi connectivity index (χ3v) is 3.51. The van der Waals surface area contributed by atoms with Crippen molar-refractivity contribution in [2.45, 2.75) is 57.1 Å². The SMILES string of the molecule is CCC(C)(CO)NCC1(O)CCCC1. The minimum absolute atomic E-state index is 0.125. The minimum atomic E-state index is -0.522. The zero-order chi connectivity index (χ0) is 10.7. The molecule has 0 aromatic heterocycles. The first-order valence-corrected chi connectivity index (χ1v) is 5.62. The first-order chi connectivity index (χ1) is 6.54. The molecule has 1 saturated carbocycles. The van der Waals surface area contributed by atoms with Crippen LogP contribution in [0.3, 0.4) is 0 Å². The van der Waals surface area contributed by atoms with E-state index in [4.69, 9.17) is 0 Å². The number of nitrogens with one attached hydrogen (secondary N) is 1. The van der Waals surface area contributed by atoms with Gasteiger partial charge in [0.05, 0.1) is 12.2 Å². The van der Waals surface area contributed by atoms with Crippen molar-refractivity contribution in [2.24, 2.45) is 0 Å². The minimum Gasteiger partial charge on any atom is -0.394 e. The van der Waals surface area contributed by atoms with Crippen LogP contribution in [0.4, 0.5) is 0 Å². The maximum absolute atomic E-state index is 10.1. The molecule has 3 heteroatoms. The highest BCUT2D eigenvalue weighted by atomic mass is 16.3. The third-order valence-electron chi connectivity index (χ3n) is 3.51. The average molecular weight is 201 g/mol. The predicted molar refractivity (Wildman–Crippen MR) is 57.2 cm³/mol. The van der Waals surface area contributed by atoms with Gasteiger partial charge in [-0.05, 0) is 26.2 Å². The number of rotatable bonds is 5. The summed E-state index contributed by atoms with van der Waals surface area (Å²) >= 11 is 0. The number of hydrogen-bond acceptors (Lipinski definition) is 3. The Hall–Kier alpha value is -0.120. The lowest BCUT2D eigenvalue weighted by Gasteiger charge is -2.32. The maximum Gasteiger partial charge on any atom is 0.0771 e. The fourth-order valence-electron chi connectivity index (χ4n) is 1.88. The van der Waals surface area contributed by atoms with Gasteiger partial charge in [0.2, 0.25) is 0 Å². The normalized spacial score (nSPS) is 24.9. The van der Waals surface area contributed by atoms with Gasteiger partial charge in [-0.2, -0.15) is 0 Å². The van der Waals surface area contributed by atoms with Gasteiger partial charge in [-0.1, -0.05) is 19.8 Å². The Bertz CT molecular complexity index is 168. The first-order valence-electron chi connectivity index (χ1n) is 5.62. The van der Waals surface area contributed by atoms with E-state index in [1.807, 2.05) is 13.8 Å². The van der Waals surface area contributed by atoms with Gasteiger partial charge < -0.3 is 15.5 Å². The van der Waals surface area contributed by atoms with Gasteiger partial charge in [0, 0.05) is 12.1 Å².